The third kappa shape index (κ3) is 2.93. The van der Waals surface area contributed by atoms with Crippen molar-refractivity contribution < 1.29 is 24.2 Å². The Morgan fingerprint density at radius 2 is 1.68 bits per heavy atom. The maximum absolute atomic E-state index is 12.2. The lowest BCUT2D eigenvalue weighted by atomic mass is 10.0. The maximum atomic E-state index is 12.2. The van der Waals surface area contributed by atoms with Crippen molar-refractivity contribution >= 4 is 11.9 Å². The van der Waals surface area contributed by atoms with Crippen molar-refractivity contribution in [1.82, 2.24) is 0 Å². The van der Waals surface area contributed by atoms with Gasteiger partial charge in [-0.1, -0.05) is 18.2 Å². The van der Waals surface area contributed by atoms with Crippen molar-refractivity contribution in [3.8, 4) is 11.5 Å². The van der Waals surface area contributed by atoms with Crippen LogP contribution in [-0.2, 0) is 4.74 Å². The first kappa shape index (κ1) is 15.6. The zero-order chi connectivity index (χ0) is 16.3. The summed E-state index contributed by atoms with van der Waals surface area (Å²) in [6, 6.07) is 9.89. The summed E-state index contributed by atoms with van der Waals surface area (Å²) in [4.78, 5) is 23.9. The predicted octanol–water partition coefficient (Wildman–Crippen LogP) is 3.01. The van der Waals surface area contributed by atoms with Gasteiger partial charge in [0.1, 0.15) is 17.1 Å². The van der Waals surface area contributed by atoms with Crippen LogP contribution in [0, 0.1) is 13.8 Å². The number of rotatable bonds is 3. The second kappa shape index (κ2) is 6.30. The van der Waals surface area contributed by atoms with Crippen molar-refractivity contribution in [2.24, 2.45) is 0 Å². The van der Waals surface area contributed by atoms with E-state index in [1.54, 1.807) is 44.2 Å². The van der Waals surface area contributed by atoms with Crippen LogP contribution in [0.1, 0.15) is 31.8 Å². The Hall–Kier alpha value is -2.82. The number of esters is 2. The predicted molar refractivity (Wildman–Crippen MR) is 80.3 cm³/mol. The van der Waals surface area contributed by atoms with E-state index >= 15 is 0 Å². The van der Waals surface area contributed by atoms with Crippen LogP contribution < -0.4 is 4.74 Å². The van der Waals surface area contributed by atoms with Gasteiger partial charge in [-0.25, -0.2) is 9.59 Å². The molecule has 114 valence electrons. The molecule has 2 rings (SSSR count). The van der Waals surface area contributed by atoms with Gasteiger partial charge in [0, 0.05) is 5.56 Å². The molecule has 0 aliphatic heterocycles. The van der Waals surface area contributed by atoms with Gasteiger partial charge in [-0.3, -0.25) is 0 Å². The van der Waals surface area contributed by atoms with Crippen LogP contribution >= 0.6 is 0 Å². The Morgan fingerprint density at radius 3 is 2.27 bits per heavy atom. The minimum Gasteiger partial charge on any atom is -0.507 e. The van der Waals surface area contributed by atoms with E-state index in [4.69, 9.17) is 4.74 Å². The van der Waals surface area contributed by atoms with Crippen LogP contribution in [0.25, 0.3) is 0 Å². The van der Waals surface area contributed by atoms with E-state index in [-0.39, 0.29) is 17.1 Å². The molecule has 2 aromatic carbocycles. The number of carbonyl (C=O) groups is 2. The molecule has 0 aliphatic rings. The van der Waals surface area contributed by atoms with Crippen LogP contribution in [0.2, 0.25) is 0 Å². The zero-order valence-corrected chi connectivity index (χ0v) is 12.5. The van der Waals surface area contributed by atoms with Gasteiger partial charge in [-0.15, -0.1) is 0 Å². The fourth-order valence-electron chi connectivity index (χ4n) is 2.19. The van der Waals surface area contributed by atoms with Gasteiger partial charge in [-0.05, 0) is 37.6 Å². The molecule has 1 N–H and O–H groups in total. The molecule has 5 heteroatoms. The highest BCUT2D eigenvalue weighted by Gasteiger charge is 2.22. The molecule has 0 atom stereocenters. The summed E-state index contributed by atoms with van der Waals surface area (Å²) in [7, 11) is 1.22. The molecule has 0 aromatic heterocycles. The van der Waals surface area contributed by atoms with Crippen molar-refractivity contribution in [1.29, 1.82) is 0 Å². The van der Waals surface area contributed by atoms with Crippen molar-refractivity contribution in [3.63, 3.8) is 0 Å². The minimum atomic E-state index is -0.688. The summed E-state index contributed by atoms with van der Waals surface area (Å²) in [6.07, 6.45) is 0. The highest BCUT2D eigenvalue weighted by Crippen LogP contribution is 2.33. The molecule has 5 nitrogen and oxygen atoms in total. The highest BCUT2D eigenvalue weighted by atomic mass is 16.5. The highest BCUT2D eigenvalue weighted by molar-refractivity contribution is 5.96. The van der Waals surface area contributed by atoms with Crippen LogP contribution in [0.15, 0.2) is 36.4 Å². The van der Waals surface area contributed by atoms with E-state index in [0.717, 1.165) is 0 Å². The smallest absolute Gasteiger partial charge is 0.343 e. The van der Waals surface area contributed by atoms with Gasteiger partial charge in [0.25, 0.3) is 0 Å². The normalized spacial score (nSPS) is 10.1. The summed E-state index contributed by atoms with van der Waals surface area (Å²) in [5.41, 5.74) is 1.29. The Bertz CT molecular complexity index is 720. The first-order chi connectivity index (χ1) is 10.5. The number of ether oxygens (including phenoxy) is 2. The lowest BCUT2D eigenvalue weighted by Crippen LogP contribution is -2.12. The van der Waals surface area contributed by atoms with E-state index in [2.05, 4.69) is 4.74 Å². The van der Waals surface area contributed by atoms with E-state index in [0.29, 0.717) is 16.7 Å². The molecule has 0 radical (unpaired) electrons. The van der Waals surface area contributed by atoms with Gasteiger partial charge in [-0.2, -0.15) is 0 Å². The van der Waals surface area contributed by atoms with Gasteiger partial charge >= 0.3 is 11.9 Å². The molecule has 0 saturated heterocycles. The molecule has 0 spiro atoms. The van der Waals surface area contributed by atoms with Crippen LogP contribution in [0.3, 0.4) is 0 Å². The van der Waals surface area contributed by atoms with Crippen LogP contribution in [0.5, 0.6) is 11.5 Å². The molecule has 0 unspecified atom stereocenters. The third-order valence-corrected chi connectivity index (χ3v) is 3.28. The quantitative estimate of drug-likeness (QED) is 0.697. The molecule has 0 amide bonds. The first-order valence-electron chi connectivity index (χ1n) is 6.64. The summed E-state index contributed by atoms with van der Waals surface area (Å²) in [5, 5.41) is 9.91. The molecule has 0 saturated carbocycles. The number of benzene rings is 2. The zero-order valence-electron chi connectivity index (χ0n) is 12.5. The number of phenolic OH excluding ortho intramolecular Hbond substituents is 1. The molecule has 0 aliphatic carbocycles. The Kier molecular flexibility index (Phi) is 4.46. The number of aromatic hydroxyl groups is 1. The summed E-state index contributed by atoms with van der Waals surface area (Å²) in [5.74, 6) is -1.19. The Morgan fingerprint density at radius 1 is 1.05 bits per heavy atom. The van der Waals surface area contributed by atoms with E-state index < -0.39 is 11.9 Å². The maximum Gasteiger partial charge on any atom is 0.343 e. The van der Waals surface area contributed by atoms with Crippen molar-refractivity contribution in [2.75, 3.05) is 7.11 Å². The van der Waals surface area contributed by atoms with E-state index in [9.17, 15) is 14.7 Å². The van der Waals surface area contributed by atoms with Crippen LogP contribution in [-0.4, -0.2) is 24.2 Å². The topological polar surface area (TPSA) is 72.8 Å². The fraction of sp³-hybridized carbons (Fsp3) is 0.176. The lowest BCUT2D eigenvalue weighted by molar-refractivity contribution is 0.0593. The average molecular weight is 300 g/mol. The van der Waals surface area contributed by atoms with Gasteiger partial charge in [0.15, 0.2) is 0 Å². The molecule has 0 heterocycles. The molecular formula is C17H16O5. The number of aryl methyl sites for hydroxylation is 1. The van der Waals surface area contributed by atoms with E-state index in [1.807, 2.05) is 0 Å². The van der Waals surface area contributed by atoms with Gasteiger partial charge in [0.2, 0.25) is 0 Å². The van der Waals surface area contributed by atoms with Crippen molar-refractivity contribution in [2.45, 2.75) is 13.8 Å². The third-order valence-electron chi connectivity index (χ3n) is 3.28. The molecule has 0 bridgehead atoms. The van der Waals surface area contributed by atoms with Gasteiger partial charge < -0.3 is 14.6 Å². The molecule has 2 aromatic rings. The minimum absolute atomic E-state index is 0.0102. The average Bonchev–Trinajstić information content (AvgIpc) is 2.51. The van der Waals surface area contributed by atoms with Gasteiger partial charge in [0.05, 0.1) is 12.7 Å². The van der Waals surface area contributed by atoms with Crippen molar-refractivity contribution in [3.05, 3.63) is 58.7 Å². The second-order valence-corrected chi connectivity index (χ2v) is 4.79. The molecule has 22 heavy (non-hydrogen) atoms. The number of hydrogen-bond donors (Lipinski definition) is 1. The monoisotopic (exact) mass is 300 g/mol. The standard InChI is InChI=1S/C17H16O5/c1-10-9-13(18)14(17(20)21-3)11(2)15(10)22-16(19)12-7-5-4-6-8-12/h4-9,18H,1-3H3. The number of methoxy groups -OCH3 is 1. The summed E-state index contributed by atoms with van der Waals surface area (Å²) < 4.78 is 10.0. The largest absolute Gasteiger partial charge is 0.507 e. The summed E-state index contributed by atoms with van der Waals surface area (Å²) >= 11 is 0. The van der Waals surface area contributed by atoms with E-state index in [1.165, 1.54) is 13.2 Å². The fourth-order valence-corrected chi connectivity index (χ4v) is 2.19. The number of carbonyl (C=O) groups excluding carboxylic acids is 2. The Labute approximate surface area is 128 Å². The molecule has 0 fully saturated rings. The summed E-state index contributed by atoms with van der Waals surface area (Å²) in [6.45, 7) is 3.27. The first-order valence-corrected chi connectivity index (χ1v) is 6.64. The second-order valence-electron chi connectivity index (χ2n) is 4.79. The number of phenols is 1. The van der Waals surface area contributed by atoms with Crippen LogP contribution in [0.4, 0.5) is 0 Å². The molecular weight excluding hydrogens is 284 g/mol. The Balaban J connectivity index is 2.43. The SMILES string of the molecule is COC(=O)c1c(O)cc(C)c(OC(=O)c2ccccc2)c1C. The lowest BCUT2D eigenvalue weighted by Gasteiger charge is -2.14. The number of hydrogen-bond acceptors (Lipinski definition) is 5.